The summed E-state index contributed by atoms with van der Waals surface area (Å²) in [4.78, 5) is 21.5. The minimum Gasteiger partial charge on any atom is -0.390 e. The van der Waals surface area contributed by atoms with Crippen LogP contribution in [0.4, 0.5) is 5.82 Å². The van der Waals surface area contributed by atoms with Gasteiger partial charge in [-0.25, -0.2) is 15.1 Å². The molecule has 5 rings (SSSR count). The average Bonchev–Trinajstić information content (AvgIpc) is 3.57. The Morgan fingerprint density at radius 1 is 1.22 bits per heavy atom. The van der Waals surface area contributed by atoms with E-state index in [1.54, 1.807) is 16.9 Å². The molecule has 0 aliphatic heterocycles. The van der Waals surface area contributed by atoms with Crippen molar-refractivity contribution in [3.63, 3.8) is 0 Å². The molecule has 1 fully saturated rings. The Hall–Kier alpha value is -3.23. The van der Waals surface area contributed by atoms with Crippen LogP contribution in [0.25, 0.3) is 0 Å². The van der Waals surface area contributed by atoms with Crippen molar-refractivity contribution < 1.29 is 27.6 Å². The minimum absolute atomic E-state index is 0.0546. The number of carbonyl (C=O) groups is 1. The van der Waals surface area contributed by atoms with Gasteiger partial charge in [0.25, 0.3) is 0 Å². The zero-order chi connectivity index (χ0) is 25.4. The lowest BCUT2D eigenvalue weighted by Crippen LogP contribution is -2.36. The molecule has 2 aromatic heterocycles. The highest BCUT2D eigenvalue weighted by Crippen LogP contribution is 2.34. The second-order valence-corrected chi connectivity index (χ2v) is 10.3. The Labute approximate surface area is 207 Å². The number of aliphatic hydroxyl groups excluding tert-OH is 2. The highest BCUT2D eigenvalue weighted by atomic mass is 32.2. The molecule has 0 spiro atoms. The molecular weight excluding hydrogens is 488 g/mol. The fourth-order valence-corrected chi connectivity index (χ4v) is 5.35. The molecule has 1 saturated carbocycles. The number of anilines is 1. The van der Waals surface area contributed by atoms with Crippen molar-refractivity contribution in [2.24, 2.45) is 11.1 Å². The number of nitrogens with one attached hydrogen (secondary N) is 1. The molecule has 13 heteroatoms. The minimum atomic E-state index is -4.19. The van der Waals surface area contributed by atoms with Crippen molar-refractivity contribution in [3.8, 4) is 0 Å². The summed E-state index contributed by atoms with van der Waals surface area (Å²) >= 11 is 0. The van der Waals surface area contributed by atoms with Crippen LogP contribution >= 0.6 is 0 Å². The van der Waals surface area contributed by atoms with Gasteiger partial charge in [-0.05, 0) is 36.5 Å². The van der Waals surface area contributed by atoms with E-state index in [4.69, 9.17) is 5.14 Å². The van der Waals surface area contributed by atoms with E-state index in [1.807, 2.05) is 12.1 Å². The number of nitrogens with two attached hydrogens (primary N) is 1. The molecule has 0 bridgehead atoms. The number of aromatic nitrogens is 4. The van der Waals surface area contributed by atoms with Gasteiger partial charge in [-0.3, -0.25) is 13.7 Å². The zero-order valence-corrected chi connectivity index (χ0v) is 20.0. The summed E-state index contributed by atoms with van der Waals surface area (Å²) in [7, 11) is -4.19. The third kappa shape index (κ3) is 4.88. The second kappa shape index (κ2) is 9.67. The van der Waals surface area contributed by atoms with Gasteiger partial charge in [0.1, 0.15) is 23.9 Å². The van der Waals surface area contributed by atoms with Crippen molar-refractivity contribution in [3.05, 3.63) is 71.4 Å². The van der Waals surface area contributed by atoms with Crippen LogP contribution in [0, 0.1) is 5.92 Å². The van der Waals surface area contributed by atoms with Crippen LogP contribution in [0.5, 0.6) is 0 Å². The van der Waals surface area contributed by atoms with E-state index in [2.05, 4.69) is 36.7 Å². The largest absolute Gasteiger partial charge is 0.390 e. The van der Waals surface area contributed by atoms with E-state index in [1.165, 1.54) is 23.7 Å². The van der Waals surface area contributed by atoms with Gasteiger partial charge in [0, 0.05) is 18.3 Å². The predicted octanol–water partition coefficient (Wildman–Crippen LogP) is 0.182. The van der Waals surface area contributed by atoms with Crippen LogP contribution in [0.15, 0.2) is 49.1 Å². The van der Waals surface area contributed by atoms with E-state index in [0.717, 1.165) is 12.8 Å². The normalized spacial score (nSPS) is 25.6. The van der Waals surface area contributed by atoms with Crippen LogP contribution < -0.4 is 10.5 Å². The maximum Gasteiger partial charge on any atom is 0.333 e. The van der Waals surface area contributed by atoms with Crippen LogP contribution in [-0.2, 0) is 20.9 Å². The molecule has 2 heterocycles. The first-order valence-electron chi connectivity index (χ1n) is 11.5. The number of aliphatic hydroxyl groups is 2. The fourth-order valence-electron chi connectivity index (χ4n) is 4.98. The third-order valence-electron chi connectivity index (χ3n) is 6.79. The molecule has 1 aromatic carbocycles. The molecule has 3 aromatic rings. The summed E-state index contributed by atoms with van der Waals surface area (Å²) in [5.74, 6) is -0.924. The predicted molar refractivity (Wildman–Crippen MR) is 127 cm³/mol. The molecule has 2 aliphatic carbocycles. The van der Waals surface area contributed by atoms with Crippen LogP contribution in [0.2, 0.25) is 0 Å². The first kappa shape index (κ1) is 24.5. The van der Waals surface area contributed by atoms with E-state index in [9.17, 15) is 23.4 Å². The molecule has 12 nitrogen and oxygen atoms in total. The third-order valence-corrected chi connectivity index (χ3v) is 7.25. The van der Waals surface area contributed by atoms with E-state index < -0.39 is 40.3 Å². The molecule has 2 aliphatic rings. The van der Waals surface area contributed by atoms with Crippen molar-refractivity contribution >= 4 is 21.9 Å². The van der Waals surface area contributed by atoms with Crippen molar-refractivity contribution in [2.75, 3.05) is 11.9 Å². The first-order chi connectivity index (χ1) is 17.2. The first-order valence-corrected chi connectivity index (χ1v) is 13.0. The molecule has 36 heavy (non-hydrogen) atoms. The number of rotatable bonds is 8. The molecule has 0 saturated heterocycles. The van der Waals surface area contributed by atoms with Crippen molar-refractivity contribution in [1.29, 1.82) is 0 Å². The Morgan fingerprint density at radius 2 is 2.03 bits per heavy atom. The number of carbonyl (C=O) groups excluding carboxylic acids is 1. The van der Waals surface area contributed by atoms with Gasteiger partial charge >= 0.3 is 10.3 Å². The average molecular weight is 515 g/mol. The number of hydrogen-bond acceptors (Lipinski definition) is 10. The number of aryl methyl sites for hydroxylation is 1. The highest BCUT2D eigenvalue weighted by Gasteiger charge is 2.42. The quantitative estimate of drug-likeness (QED) is 0.303. The lowest BCUT2D eigenvalue weighted by molar-refractivity contribution is 0.00778. The Kier molecular flexibility index (Phi) is 6.57. The molecule has 190 valence electrons. The van der Waals surface area contributed by atoms with Gasteiger partial charge in [0.15, 0.2) is 0 Å². The van der Waals surface area contributed by atoms with Gasteiger partial charge < -0.3 is 15.5 Å². The fraction of sp³-hybridized carbons (Fsp3) is 0.391. The lowest BCUT2D eigenvalue weighted by atomic mass is 10.1. The van der Waals surface area contributed by atoms with E-state index in [0.29, 0.717) is 0 Å². The summed E-state index contributed by atoms with van der Waals surface area (Å²) in [6, 6.07) is 9.16. The number of nitrogens with zero attached hydrogens (tertiary/aromatic N) is 4. The van der Waals surface area contributed by atoms with Crippen molar-refractivity contribution in [1.82, 2.24) is 19.7 Å². The molecule has 0 unspecified atom stereocenters. The Balaban J connectivity index is 1.32. The number of ketones is 1. The maximum absolute atomic E-state index is 13.3. The van der Waals surface area contributed by atoms with Crippen LogP contribution in [-0.4, -0.2) is 69.0 Å². The molecule has 5 N–H and O–H groups in total. The zero-order valence-electron chi connectivity index (χ0n) is 19.1. The Morgan fingerprint density at radius 3 is 2.83 bits per heavy atom. The Bertz CT molecular complexity index is 1380. The second-order valence-electron chi connectivity index (χ2n) is 9.05. The van der Waals surface area contributed by atoms with E-state index >= 15 is 0 Å². The van der Waals surface area contributed by atoms with Gasteiger partial charge in [0.2, 0.25) is 5.78 Å². The highest BCUT2D eigenvalue weighted by molar-refractivity contribution is 7.84. The van der Waals surface area contributed by atoms with Crippen LogP contribution in [0.1, 0.15) is 46.1 Å². The number of fused-ring (bicyclic) bond motifs is 1. The summed E-state index contributed by atoms with van der Waals surface area (Å²) < 4.78 is 28.5. The molecular formula is C23H26N6O6S. The smallest absolute Gasteiger partial charge is 0.333 e. The monoisotopic (exact) mass is 514 g/mol. The van der Waals surface area contributed by atoms with Gasteiger partial charge in [0.05, 0.1) is 30.4 Å². The SMILES string of the molecule is NS(=O)(=O)OC[C@H]1C[C@@H](Nc2ncncc2C(=O)c2ccn([C@H]3CCc4ccccc43)n2)[C@H](O)[C@@H]1O. The molecule has 5 atom stereocenters. The number of benzene rings is 1. The molecule has 0 radical (unpaired) electrons. The van der Waals surface area contributed by atoms with Gasteiger partial charge in [-0.1, -0.05) is 24.3 Å². The van der Waals surface area contributed by atoms with Gasteiger partial charge in [-0.15, -0.1) is 0 Å². The number of hydrogen-bond donors (Lipinski definition) is 4. The van der Waals surface area contributed by atoms with Crippen molar-refractivity contribution in [2.45, 2.75) is 43.6 Å². The topological polar surface area (TPSA) is 183 Å². The van der Waals surface area contributed by atoms with Gasteiger partial charge in [-0.2, -0.15) is 13.5 Å². The summed E-state index contributed by atoms with van der Waals surface area (Å²) in [5.41, 5.74) is 2.85. The molecule has 0 amide bonds. The van der Waals surface area contributed by atoms with Crippen LogP contribution in [0.3, 0.4) is 0 Å². The summed E-state index contributed by atoms with van der Waals surface area (Å²) in [6.45, 7) is -0.382. The summed E-state index contributed by atoms with van der Waals surface area (Å²) in [5, 5.41) is 33.2. The lowest BCUT2D eigenvalue weighted by Gasteiger charge is -2.19. The maximum atomic E-state index is 13.3. The standard InChI is InChI=1S/C23H26N6O6S/c24-36(33,34)35-11-14-9-18(22(32)20(14)30)27-23-16(10-25-12-26-23)21(31)17-7-8-29(28-17)19-6-5-13-3-1-2-4-15(13)19/h1-4,7-8,10,12,14,18-20,22,30,32H,5-6,9,11H2,(H2,24,33,34)(H,25,26,27)/t14-,18-,19+,20-,22+/m1/s1. The van der Waals surface area contributed by atoms with E-state index in [-0.39, 0.29) is 36.1 Å². The summed E-state index contributed by atoms with van der Waals surface area (Å²) in [6.07, 6.45) is 3.90.